The number of benzene rings is 1. The molecule has 0 bridgehead atoms. The van der Waals surface area contributed by atoms with Gasteiger partial charge in [-0.1, -0.05) is 6.08 Å². The van der Waals surface area contributed by atoms with Gasteiger partial charge in [0.25, 0.3) is 5.91 Å². The first-order chi connectivity index (χ1) is 12.7. The maximum absolute atomic E-state index is 12.2. The van der Waals surface area contributed by atoms with Gasteiger partial charge in [-0.3, -0.25) is 4.79 Å². The number of esters is 1. The fraction of sp³-hybridized carbons (Fsp3) is 0.444. The number of nitrogens with one attached hydrogen (secondary N) is 1. The van der Waals surface area contributed by atoms with Crippen molar-refractivity contribution in [2.75, 3.05) is 26.2 Å². The zero-order valence-corrected chi connectivity index (χ0v) is 16.2. The molecule has 1 aliphatic rings. The van der Waals surface area contributed by atoms with Crippen LogP contribution in [-0.2, 0) is 24.3 Å². The third-order valence-corrected chi connectivity index (χ3v) is 5.36. The van der Waals surface area contributed by atoms with Gasteiger partial charge in [0.1, 0.15) is 0 Å². The quantitative estimate of drug-likeness (QED) is 0.544. The molecule has 0 spiro atoms. The van der Waals surface area contributed by atoms with E-state index in [1.807, 2.05) is 13.8 Å². The second-order valence-electron chi connectivity index (χ2n) is 6.30. The van der Waals surface area contributed by atoms with Crippen LogP contribution in [0.5, 0.6) is 0 Å². The zero-order valence-electron chi connectivity index (χ0n) is 15.4. The first-order valence-electron chi connectivity index (χ1n) is 8.54. The standard InChI is InChI=1S/C18H24N2O6S/c1-4-9-19-27(23,24)16-7-5-15(6-8-16)18(22)25-12-17(21)20-10-13(2)26-14(3)11-20/h4-8,13-14,19H,1,9-12H2,2-3H3/t13-,14+. The topological polar surface area (TPSA) is 102 Å². The molecule has 9 heteroatoms. The molecule has 27 heavy (non-hydrogen) atoms. The number of ether oxygens (including phenoxy) is 2. The minimum absolute atomic E-state index is 0.0215. The van der Waals surface area contributed by atoms with Gasteiger partial charge in [-0.2, -0.15) is 0 Å². The molecule has 1 saturated heterocycles. The van der Waals surface area contributed by atoms with E-state index in [0.717, 1.165) is 0 Å². The second-order valence-corrected chi connectivity index (χ2v) is 8.06. The summed E-state index contributed by atoms with van der Waals surface area (Å²) >= 11 is 0. The Morgan fingerprint density at radius 1 is 1.26 bits per heavy atom. The predicted molar refractivity (Wildman–Crippen MR) is 98.7 cm³/mol. The molecule has 1 aromatic carbocycles. The fourth-order valence-electron chi connectivity index (χ4n) is 2.71. The van der Waals surface area contributed by atoms with Gasteiger partial charge >= 0.3 is 5.97 Å². The van der Waals surface area contributed by atoms with Gasteiger partial charge < -0.3 is 14.4 Å². The van der Waals surface area contributed by atoms with Gasteiger partial charge in [0, 0.05) is 19.6 Å². The smallest absolute Gasteiger partial charge is 0.338 e. The van der Waals surface area contributed by atoms with Crippen LogP contribution in [0.4, 0.5) is 0 Å². The summed E-state index contributed by atoms with van der Waals surface area (Å²) in [5.41, 5.74) is 0.161. The van der Waals surface area contributed by atoms with E-state index in [9.17, 15) is 18.0 Å². The SMILES string of the molecule is C=CCNS(=O)(=O)c1ccc(C(=O)OCC(=O)N2C[C@@H](C)O[C@@H](C)C2)cc1. The van der Waals surface area contributed by atoms with Crippen LogP contribution in [0, 0.1) is 0 Å². The zero-order chi connectivity index (χ0) is 20.0. The van der Waals surface area contributed by atoms with Crippen molar-refractivity contribution in [3.63, 3.8) is 0 Å². The third kappa shape index (κ3) is 5.88. The Morgan fingerprint density at radius 3 is 2.41 bits per heavy atom. The molecule has 1 amide bonds. The summed E-state index contributed by atoms with van der Waals surface area (Å²) in [6.07, 6.45) is 1.28. The summed E-state index contributed by atoms with van der Waals surface area (Å²) < 4.78 is 36.9. The minimum Gasteiger partial charge on any atom is -0.452 e. The van der Waals surface area contributed by atoms with Gasteiger partial charge in [-0.15, -0.1) is 6.58 Å². The van der Waals surface area contributed by atoms with E-state index in [0.29, 0.717) is 13.1 Å². The molecule has 0 saturated carbocycles. The van der Waals surface area contributed by atoms with Gasteiger partial charge in [-0.25, -0.2) is 17.9 Å². The highest BCUT2D eigenvalue weighted by Crippen LogP contribution is 2.13. The van der Waals surface area contributed by atoms with E-state index >= 15 is 0 Å². The summed E-state index contributed by atoms with van der Waals surface area (Å²) in [7, 11) is -3.66. The number of sulfonamides is 1. The highest BCUT2D eigenvalue weighted by molar-refractivity contribution is 7.89. The van der Waals surface area contributed by atoms with Crippen LogP contribution in [0.15, 0.2) is 41.8 Å². The van der Waals surface area contributed by atoms with Crippen molar-refractivity contribution in [3.8, 4) is 0 Å². The van der Waals surface area contributed by atoms with E-state index in [1.54, 1.807) is 4.90 Å². The van der Waals surface area contributed by atoms with Crippen LogP contribution < -0.4 is 4.72 Å². The molecule has 148 valence electrons. The van der Waals surface area contributed by atoms with Crippen molar-refractivity contribution >= 4 is 21.9 Å². The summed E-state index contributed by atoms with van der Waals surface area (Å²) in [5, 5.41) is 0. The largest absolute Gasteiger partial charge is 0.452 e. The number of nitrogens with zero attached hydrogens (tertiary/aromatic N) is 1. The number of rotatable bonds is 7. The van der Waals surface area contributed by atoms with E-state index in [2.05, 4.69) is 11.3 Å². The van der Waals surface area contributed by atoms with Crippen molar-refractivity contribution in [1.29, 1.82) is 0 Å². The molecule has 1 aliphatic heterocycles. The average Bonchev–Trinajstić information content (AvgIpc) is 2.63. The van der Waals surface area contributed by atoms with Crippen LogP contribution in [0.25, 0.3) is 0 Å². The average molecular weight is 396 g/mol. The lowest BCUT2D eigenvalue weighted by Crippen LogP contribution is -2.49. The molecule has 0 aliphatic carbocycles. The summed E-state index contributed by atoms with van der Waals surface area (Å²) in [4.78, 5) is 25.9. The lowest BCUT2D eigenvalue weighted by atomic mass is 10.2. The van der Waals surface area contributed by atoms with E-state index in [4.69, 9.17) is 9.47 Å². The van der Waals surface area contributed by atoms with Crippen LogP contribution in [0.2, 0.25) is 0 Å². The van der Waals surface area contributed by atoms with Gasteiger partial charge in [0.2, 0.25) is 10.0 Å². The Labute approximate surface area is 159 Å². The Kier molecular flexibility index (Phi) is 7.11. The Hall–Kier alpha value is -2.23. The minimum atomic E-state index is -3.66. The maximum atomic E-state index is 12.2. The van der Waals surface area contributed by atoms with Gasteiger partial charge in [-0.05, 0) is 38.1 Å². The summed E-state index contributed by atoms with van der Waals surface area (Å²) in [5.74, 6) is -0.987. The highest BCUT2D eigenvalue weighted by Gasteiger charge is 2.26. The Morgan fingerprint density at radius 2 is 1.85 bits per heavy atom. The van der Waals surface area contributed by atoms with E-state index in [-0.39, 0.29) is 41.7 Å². The molecule has 0 radical (unpaired) electrons. The maximum Gasteiger partial charge on any atom is 0.338 e. The number of morpholine rings is 1. The number of carbonyl (C=O) groups is 2. The van der Waals surface area contributed by atoms with Gasteiger partial charge in [0.05, 0.1) is 22.7 Å². The van der Waals surface area contributed by atoms with Crippen LogP contribution in [0.1, 0.15) is 24.2 Å². The first kappa shape index (κ1) is 21.1. The lowest BCUT2D eigenvalue weighted by Gasteiger charge is -2.35. The monoisotopic (exact) mass is 396 g/mol. The number of hydrogen-bond donors (Lipinski definition) is 1. The van der Waals surface area contributed by atoms with Crippen molar-refractivity contribution < 1.29 is 27.5 Å². The third-order valence-electron chi connectivity index (χ3n) is 3.92. The van der Waals surface area contributed by atoms with E-state index < -0.39 is 16.0 Å². The molecular formula is C18H24N2O6S. The summed E-state index contributed by atoms with van der Waals surface area (Å²) in [6.45, 7) is 7.83. The molecule has 0 aromatic heterocycles. The second kappa shape index (κ2) is 9.12. The molecule has 8 nitrogen and oxygen atoms in total. The number of carbonyl (C=O) groups excluding carboxylic acids is 2. The van der Waals surface area contributed by atoms with Crippen molar-refractivity contribution in [2.45, 2.75) is 31.0 Å². The molecule has 2 rings (SSSR count). The number of amides is 1. The predicted octanol–water partition coefficient (Wildman–Crippen LogP) is 0.944. The van der Waals surface area contributed by atoms with Crippen molar-refractivity contribution in [1.82, 2.24) is 9.62 Å². The molecule has 0 unspecified atom stereocenters. The van der Waals surface area contributed by atoms with Crippen LogP contribution in [-0.4, -0.2) is 63.6 Å². The molecule has 1 fully saturated rings. The van der Waals surface area contributed by atoms with Crippen LogP contribution >= 0.6 is 0 Å². The molecule has 1 N–H and O–H groups in total. The number of hydrogen-bond acceptors (Lipinski definition) is 6. The first-order valence-corrected chi connectivity index (χ1v) is 10.0. The van der Waals surface area contributed by atoms with Crippen LogP contribution in [0.3, 0.4) is 0 Å². The van der Waals surface area contributed by atoms with Gasteiger partial charge in [0.15, 0.2) is 6.61 Å². The summed E-state index contributed by atoms with van der Waals surface area (Å²) in [6, 6.07) is 5.28. The van der Waals surface area contributed by atoms with E-state index in [1.165, 1.54) is 30.3 Å². The molecule has 2 atom stereocenters. The Balaban J connectivity index is 1.92. The normalized spacial score (nSPS) is 20.1. The molecular weight excluding hydrogens is 372 g/mol. The van der Waals surface area contributed by atoms with Crippen molar-refractivity contribution in [3.05, 3.63) is 42.5 Å². The van der Waals surface area contributed by atoms with Crippen molar-refractivity contribution in [2.24, 2.45) is 0 Å². The highest BCUT2D eigenvalue weighted by atomic mass is 32.2. The Bertz CT molecular complexity index is 781. The lowest BCUT2D eigenvalue weighted by molar-refractivity contribution is -0.146. The molecule has 1 heterocycles. The fourth-order valence-corrected chi connectivity index (χ4v) is 3.70. The molecule has 1 aromatic rings.